The van der Waals surface area contributed by atoms with E-state index in [1.807, 2.05) is 12.1 Å². The van der Waals surface area contributed by atoms with Crippen LogP contribution in [0.4, 0.5) is 24.5 Å². The summed E-state index contributed by atoms with van der Waals surface area (Å²) in [7, 11) is 0. The number of halogens is 3. The number of anilines is 1. The van der Waals surface area contributed by atoms with Gasteiger partial charge in [0, 0.05) is 12.1 Å². The molecular formula is C28H28F3N3O2. The number of rotatable bonds is 7. The number of carbonyl (C=O) groups is 1. The molecule has 0 saturated carbocycles. The Kier molecular flexibility index (Phi) is 7.74. The fourth-order valence-electron chi connectivity index (χ4n) is 4.42. The van der Waals surface area contributed by atoms with Crippen LogP contribution in [0.5, 0.6) is 5.75 Å². The zero-order valence-corrected chi connectivity index (χ0v) is 20.1. The van der Waals surface area contributed by atoms with Crippen LogP contribution in [-0.4, -0.2) is 42.8 Å². The highest BCUT2D eigenvalue weighted by Crippen LogP contribution is 2.39. The van der Waals surface area contributed by atoms with Crippen molar-refractivity contribution in [3.8, 4) is 5.75 Å². The van der Waals surface area contributed by atoms with Gasteiger partial charge >= 0.3 is 6.18 Å². The third kappa shape index (κ3) is 5.44. The molecule has 0 radical (unpaired) electrons. The number of allylic oxidation sites excluding steroid dienone is 4. The van der Waals surface area contributed by atoms with E-state index in [-0.39, 0.29) is 11.4 Å². The van der Waals surface area contributed by atoms with E-state index in [0.29, 0.717) is 29.3 Å². The lowest BCUT2D eigenvalue weighted by atomic mass is 10.1. The van der Waals surface area contributed by atoms with Crippen molar-refractivity contribution >= 4 is 23.0 Å². The third-order valence-electron chi connectivity index (χ3n) is 6.12. The lowest BCUT2D eigenvalue weighted by Gasteiger charge is -2.22. The summed E-state index contributed by atoms with van der Waals surface area (Å²) in [5, 5.41) is 0. The Hall–Kier alpha value is -3.65. The van der Waals surface area contributed by atoms with Gasteiger partial charge in [0.05, 0.1) is 22.6 Å². The largest absolute Gasteiger partial charge is 0.490 e. The SMILES string of the molecule is C=C/C=C1/C(=Nc2cccc(C(F)(F)F)c2)C(=O)N(c2ccccc2OCCN2CCCC2)/C1=C/C. The topological polar surface area (TPSA) is 45.1 Å². The van der Waals surface area contributed by atoms with Crippen molar-refractivity contribution in [3.05, 3.63) is 90.2 Å². The maximum Gasteiger partial charge on any atom is 0.416 e. The second-order valence-corrected chi connectivity index (χ2v) is 8.50. The molecule has 0 unspecified atom stereocenters. The van der Waals surface area contributed by atoms with Crippen molar-refractivity contribution in [2.75, 3.05) is 31.1 Å². The number of hydrogen-bond donors (Lipinski definition) is 0. The Morgan fingerprint density at radius 1 is 1.11 bits per heavy atom. The van der Waals surface area contributed by atoms with Crippen molar-refractivity contribution in [2.24, 2.45) is 4.99 Å². The van der Waals surface area contributed by atoms with Crippen LogP contribution in [0.2, 0.25) is 0 Å². The zero-order valence-electron chi connectivity index (χ0n) is 20.1. The molecule has 1 amide bonds. The third-order valence-corrected chi connectivity index (χ3v) is 6.12. The lowest BCUT2D eigenvalue weighted by molar-refractivity contribution is -0.137. The van der Waals surface area contributed by atoms with Crippen molar-refractivity contribution in [1.82, 2.24) is 4.90 Å². The summed E-state index contributed by atoms with van der Waals surface area (Å²) < 4.78 is 45.8. The summed E-state index contributed by atoms with van der Waals surface area (Å²) in [4.78, 5) is 21.9. The molecule has 188 valence electrons. The van der Waals surface area contributed by atoms with Crippen LogP contribution >= 0.6 is 0 Å². The van der Waals surface area contributed by atoms with Crippen LogP contribution in [0.1, 0.15) is 25.3 Å². The minimum atomic E-state index is -4.51. The molecular weight excluding hydrogens is 467 g/mol. The van der Waals surface area contributed by atoms with Gasteiger partial charge in [-0.3, -0.25) is 14.6 Å². The summed E-state index contributed by atoms with van der Waals surface area (Å²) in [6, 6.07) is 11.8. The number of benzene rings is 2. The molecule has 0 spiro atoms. The quantitative estimate of drug-likeness (QED) is 0.452. The molecule has 2 heterocycles. The fraction of sp³-hybridized carbons (Fsp3) is 0.286. The predicted molar refractivity (Wildman–Crippen MR) is 136 cm³/mol. The first-order chi connectivity index (χ1) is 17.3. The number of hydrogen-bond acceptors (Lipinski definition) is 4. The monoisotopic (exact) mass is 495 g/mol. The molecule has 2 aromatic carbocycles. The molecule has 36 heavy (non-hydrogen) atoms. The maximum absolute atomic E-state index is 13.7. The minimum Gasteiger partial charge on any atom is -0.490 e. The Labute approximate surface area is 208 Å². The van der Waals surface area contributed by atoms with Gasteiger partial charge in [-0.05, 0) is 63.2 Å². The predicted octanol–water partition coefficient (Wildman–Crippen LogP) is 6.32. The van der Waals surface area contributed by atoms with Gasteiger partial charge in [-0.15, -0.1) is 0 Å². The van der Waals surface area contributed by atoms with Crippen molar-refractivity contribution in [3.63, 3.8) is 0 Å². The summed E-state index contributed by atoms with van der Waals surface area (Å²) in [5.41, 5.74) is 0.818. The number of likely N-dealkylation sites (tertiary alicyclic amines) is 1. The van der Waals surface area contributed by atoms with Crippen molar-refractivity contribution in [2.45, 2.75) is 25.9 Å². The molecule has 2 aromatic rings. The number of ether oxygens (including phenoxy) is 1. The second-order valence-electron chi connectivity index (χ2n) is 8.50. The van der Waals surface area contributed by atoms with Gasteiger partial charge in [0.15, 0.2) is 0 Å². The lowest BCUT2D eigenvalue weighted by Crippen LogP contribution is -2.28. The molecule has 0 aliphatic carbocycles. The standard InChI is InChI=1S/C28H28F3N3O2/c1-3-10-22-23(4-2)34(24-13-5-6-14-25(24)36-18-17-33-15-7-8-16-33)27(35)26(22)32-21-12-9-11-20(19-21)28(29,30)31/h3-6,9-14,19H,1,7-8,15-18H2,2H3/b22-10+,23-4+,32-26?. The Bertz CT molecular complexity index is 1220. The van der Waals surface area contributed by atoms with Gasteiger partial charge < -0.3 is 4.74 Å². The van der Waals surface area contributed by atoms with Crippen LogP contribution in [0, 0.1) is 0 Å². The summed E-state index contributed by atoms with van der Waals surface area (Å²) in [6.07, 6.45) is 2.79. The van der Waals surface area contributed by atoms with Crippen LogP contribution in [0.25, 0.3) is 0 Å². The van der Waals surface area contributed by atoms with Gasteiger partial charge in [-0.1, -0.05) is 43.0 Å². The molecule has 0 aromatic heterocycles. The van der Waals surface area contributed by atoms with E-state index in [9.17, 15) is 18.0 Å². The molecule has 8 heteroatoms. The molecule has 2 saturated heterocycles. The highest BCUT2D eigenvalue weighted by molar-refractivity contribution is 6.55. The summed E-state index contributed by atoms with van der Waals surface area (Å²) in [6.45, 7) is 8.91. The van der Waals surface area contributed by atoms with Gasteiger partial charge in [-0.2, -0.15) is 13.2 Å². The van der Waals surface area contributed by atoms with Gasteiger partial charge in [-0.25, -0.2) is 4.99 Å². The van der Waals surface area contributed by atoms with E-state index in [0.717, 1.165) is 31.8 Å². The maximum atomic E-state index is 13.7. The Morgan fingerprint density at radius 3 is 2.56 bits per heavy atom. The van der Waals surface area contributed by atoms with Crippen LogP contribution in [0.15, 0.2) is 89.6 Å². The molecule has 5 nitrogen and oxygen atoms in total. The van der Waals surface area contributed by atoms with E-state index in [4.69, 9.17) is 4.74 Å². The van der Waals surface area contributed by atoms with Gasteiger partial charge in [0.1, 0.15) is 18.1 Å². The number of amides is 1. The number of alkyl halides is 3. The van der Waals surface area contributed by atoms with Crippen molar-refractivity contribution in [1.29, 1.82) is 0 Å². The zero-order chi connectivity index (χ0) is 25.7. The van der Waals surface area contributed by atoms with E-state index in [1.165, 1.54) is 36.0 Å². The average Bonchev–Trinajstić information content (AvgIpc) is 3.46. The number of para-hydroxylation sites is 2. The normalized spacial score (nSPS) is 20.2. The fourth-order valence-corrected chi connectivity index (χ4v) is 4.42. The highest BCUT2D eigenvalue weighted by atomic mass is 19.4. The van der Waals surface area contributed by atoms with E-state index < -0.39 is 17.6 Å². The highest BCUT2D eigenvalue weighted by Gasteiger charge is 2.39. The van der Waals surface area contributed by atoms with Gasteiger partial charge in [0.2, 0.25) is 0 Å². The first kappa shape index (κ1) is 25.4. The van der Waals surface area contributed by atoms with Crippen molar-refractivity contribution < 1.29 is 22.7 Å². The Balaban J connectivity index is 1.69. The molecule has 0 N–H and O–H groups in total. The smallest absolute Gasteiger partial charge is 0.416 e. The molecule has 2 fully saturated rings. The minimum absolute atomic E-state index is 0.0363. The van der Waals surface area contributed by atoms with E-state index in [1.54, 1.807) is 31.2 Å². The first-order valence-corrected chi connectivity index (χ1v) is 11.9. The molecule has 2 aliphatic rings. The second kappa shape index (κ2) is 11.0. The number of carbonyl (C=O) groups excluding carboxylic acids is 1. The van der Waals surface area contributed by atoms with E-state index >= 15 is 0 Å². The van der Waals surface area contributed by atoms with Gasteiger partial charge in [0.25, 0.3) is 5.91 Å². The van der Waals surface area contributed by atoms with Crippen LogP contribution in [-0.2, 0) is 11.0 Å². The Morgan fingerprint density at radius 2 is 1.86 bits per heavy atom. The molecule has 0 bridgehead atoms. The molecule has 4 rings (SSSR count). The van der Waals surface area contributed by atoms with Crippen LogP contribution in [0.3, 0.4) is 0 Å². The number of nitrogens with zero attached hydrogens (tertiary/aromatic N) is 3. The molecule has 2 aliphatic heterocycles. The molecule has 0 atom stereocenters. The van der Waals surface area contributed by atoms with E-state index in [2.05, 4.69) is 16.5 Å². The average molecular weight is 496 g/mol. The van der Waals surface area contributed by atoms with Crippen LogP contribution < -0.4 is 9.64 Å². The first-order valence-electron chi connectivity index (χ1n) is 11.9. The summed E-state index contributed by atoms with van der Waals surface area (Å²) in [5.74, 6) is 0.0897. The summed E-state index contributed by atoms with van der Waals surface area (Å²) >= 11 is 0. The number of aliphatic imine (C=N–C) groups is 1.